The van der Waals surface area contributed by atoms with Gasteiger partial charge in [-0.15, -0.1) is 0 Å². The van der Waals surface area contributed by atoms with Gasteiger partial charge in [0.1, 0.15) is 11.6 Å². The summed E-state index contributed by atoms with van der Waals surface area (Å²) >= 11 is 0. The lowest BCUT2D eigenvalue weighted by atomic mass is 10.1. The molecule has 5 nitrogen and oxygen atoms in total. The van der Waals surface area contributed by atoms with Crippen LogP contribution in [0.2, 0.25) is 0 Å². The van der Waals surface area contributed by atoms with Gasteiger partial charge in [0, 0.05) is 17.8 Å². The second kappa shape index (κ2) is 7.17. The van der Waals surface area contributed by atoms with Crippen LogP contribution in [0, 0.1) is 5.82 Å². The molecule has 1 aromatic carbocycles. The van der Waals surface area contributed by atoms with Gasteiger partial charge in [0.25, 0.3) is 0 Å². The number of nitrogens with zero attached hydrogens (tertiary/aromatic N) is 2. The van der Waals surface area contributed by atoms with E-state index in [1.54, 1.807) is 19.3 Å². The van der Waals surface area contributed by atoms with Crippen LogP contribution in [0.15, 0.2) is 30.6 Å². The Morgan fingerprint density at radius 1 is 1.41 bits per heavy atom. The highest BCUT2D eigenvalue weighted by atomic mass is 19.3. The Morgan fingerprint density at radius 2 is 2.18 bits per heavy atom. The van der Waals surface area contributed by atoms with Gasteiger partial charge >= 0.3 is 6.61 Å². The van der Waals surface area contributed by atoms with Crippen molar-refractivity contribution < 1.29 is 23.0 Å². The number of rotatable bonds is 7. The third-order valence-electron chi connectivity index (χ3n) is 3.00. The number of benzene rings is 1. The molecule has 1 heterocycles. The molecule has 120 valence electrons. The summed E-state index contributed by atoms with van der Waals surface area (Å²) in [7, 11) is 0. The highest BCUT2D eigenvalue weighted by Crippen LogP contribution is 2.29. The maximum absolute atomic E-state index is 13.2. The minimum Gasteiger partial charge on any atom is -0.434 e. The lowest BCUT2D eigenvalue weighted by Crippen LogP contribution is -2.11. The van der Waals surface area contributed by atoms with Gasteiger partial charge in [0.2, 0.25) is 0 Å². The third kappa shape index (κ3) is 4.14. The second-order valence-corrected chi connectivity index (χ2v) is 4.64. The van der Waals surface area contributed by atoms with Crippen LogP contribution >= 0.6 is 0 Å². The molecule has 2 aromatic rings. The van der Waals surface area contributed by atoms with Crippen LogP contribution < -0.4 is 10.1 Å². The van der Waals surface area contributed by atoms with E-state index in [-0.39, 0.29) is 12.4 Å². The molecule has 22 heavy (non-hydrogen) atoms. The van der Waals surface area contributed by atoms with E-state index in [2.05, 4.69) is 15.2 Å². The second-order valence-electron chi connectivity index (χ2n) is 4.64. The summed E-state index contributed by atoms with van der Waals surface area (Å²) < 4.78 is 43.9. The molecule has 0 saturated heterocycles. The zero-order valence-corrected chi connectivity index (χ0v) is 11.8. The molecule has 0 aliphatic heterocycles. The summed E-state index contributed by atoms with van der Waals surface area (Å²) in [5.74, 6) is -0.861. The largest absolute Gasteiger partial charge is 0.434 e. The fraction of sp³-hybridized carbons (Fsp3) is 0.357. The molecule has 1 atom stereocenters. The number of hydrogen-bond acceptors (Lipinski definition) is 4. The van der Waals surface area contributed by atoms with Crippen molar-refractivity contribution in [3.8, 4) is 5.75 Å². The number of aliphatic hydroxyl groups excluding tert-OH is 1. The summed E-state index contributed by atoms with van der Waals surface area (Å²) in [6, 6.07) is 3.10. The predicted octanol–water partition coefficient (Wildman–Crippen LogP) is 2.79. The first-order valence-electron chi connectivity index (χ1n) is 6.63. The number of hydrogen-bond donors (Lipinski definition) is 2. The van der Waals surface area contributed by atoms with Crippen LogP contribution in [-0.2, 0) is 6.54 Å². The third-order valence-corrected chi connectivity index (χ3v) is 3.00. The first-order valence-corrected chi connectivity index (χ1v) is 6.63. The number of alkyl halides is 2. The van der Waals surface area contributed by atoms with E-state index in [1.165, 1.54) is 16.8 Å². The Bertz CT molecular complexity index is 619. The van der Waals surface area contributed by atoms with Gasteiger partial charge in [-0.1, -0.05) is 6.07 Å². The van der Waals surface area contributed by atoms with Gasteiger partial charge in [0.05, 0.1) is 31.1 Å². The number of halogens is 3. The van der Waals surface area contributed by atoms with Crippen LogP contribution in [0.3, 0.4) is 0 Å². The summed E-state index contributed by atoms with van der Waals surface area (Å²) in [4.78, 5) is 0. The predicted molar refractivity (Wildman–Crippen MR) is 74.4 cm³/mol. The minimum absolute atomic E-state index is 0.0407. The van der Waals surface area contributed by atoms with E-state index >= 15 is 0 Å². The Hall–Kier alpha value is -2.22. The van der Waals surface area contributed by atoms with E-state index in [4.69, 9.17) is 5.11 Å². The molecule has 0 amide bonds. The van der Waals surface area contributed by atoms with Gasteiger partial charge in [-0.05, 0) is 13.0 Å². The zero-order chi connectivity index (χ0) is 16.1. The summed E-state index contributed by atoms with van der Waals surface area (Å²) in [5.41, 5.74) is 1.05. The average molecular weight is 315 g/mol. The molecule has 0 saturated carbocycles. The van der Waals surface area contributed by atoms with Crippen molar-refractivity contribution in [2.24, 2.45) is 0 Å². The smallest absolute Gasteiger partial charge is 0.387 e. The monoisotopic (exact) mass is 315 g/mol. The molecule has 0 aliphatic carbocycles. The molecule has 2 N–H and O–H groups in total. The van der Waals surface area contributed by atoms with Gasteiger partial charge in [-0.25, -0.2) is 4.39 Å². The number of aliphatic hydroxyl groups is 1. The number of aromatic nitrogens is 2. The Balaban J connectivity index is 2.15. The topological polar surface area (TPSA) is 59.3 Å². The van der Waals surface area contributed by atoms with E-state index in [0.29, 0.717) is 17.8 Å². The fourth-order valence-corrected chi connectivity index (χ4v) is 2.05. The number of ether oxygens (including phenoxy) is 1. The molecule has 0 fully saturated rings. The van der Waals surface area contributed by atoms with Crippen LogP contribution in [0.5, 0.6) is 5.75 Å². The maximum atomic E-state index is 13.2. The standard InChI is InChI=1S/C14H16F3N3O2/c1-9(19-11-7-18-20(8-11)4-5-21)12-3-2-10(15)6-13(12)22-14(16)17/h2-3,6-9,14,19,21H,4-5H2,1H3. The Labute approximate surface area is 125 Å². The molecule has 1 aromatic heterocycles. The van der Waals surface area contributed by atoms with Gasteiger partial charge in [0.15, 0.2) is 0 Å². The summed E-state index contributed by atoms with van der Waals surface area (Å²) in [5, 5.41) is 15.9. The van der Waals surface area contributed by atoms with Crippen LogP contribution in [0.1, 0.15) is 18.5 Å². The van der Waals surface area contributed by atoms with Crippen molar-refractivity contribution in [2.75, 3.05) is 11.9 Å². The van der Waals surface area contributed by atoms with Crippen molar-refractivity contribution in [1.82, 2.24) is 9.78 Å². The van der Waals surface area contributed by atoms with E-state index in [9.17, 15) is 13.2 Å². The molecule has 0 spiro atoms. The zero-order valence-electron chi connectivity index (χ0n) is 11.8. The Kier molecular flexibility index (Phi) is 5.26. The molecular formula is C14H16F3N3O2. The molecular weight excluding hydrogens is 299 g/mol. The van der Waals surface area contributed by atoms with Crippen molar-refractivity contribution in [1.29, 1.82) is 0 Å². The summed E-state index contributed by atoms with van der Waals surface area (Å²) in [6.07, 6.45) is 3.22. The van der Waals surface area contributed by atoms with E-state index in [1.807, 2.05) is 0 Å². The molecule has 2 rings (SSSR count). The Morgan fingerprint density at radius 3 is 2.86 bits per heavy atom. The lowest BCUT2D eigenvalue weighted by Gasteiger charge is -2.18. The normalized spacial score (nSPS) is 12.5. The van der Waals surface area contributed by atoms with E-state index in [0.717, 1.165) is 6.07 Å². The molecule has 8 heteroatoms. The SMILES string of the molecule is CC(Nc1cnn(CCO)c1)c1ccc(F)cc1OC(F)F. The van der Waals surface area contributed by atoms with Crippen molar-refractivity contribution in [3.05, 3.63) is 42.0 Å². The van der Waals surface area contributed by atoms with Crippen molar-refractivity contribution >= 4 is 5.69 Å². The first kappa shape index (κ1) is 16.2. The van der Waals surface area contributed by atoms with Gasteiger partial charge < -0.3 is 15.2 Å². The molecule has 0 bridgehead atoms. The molecule has 1 unspecified atom stereocenters. The molecule has 0 aliphatic rings. The minimum atomic E-state index is -3.03. The summed E-state index contributed by atoms with van der Waals surface area (Å²) in [6.45, 7) is -0.984. The highest BCUT2D eigenvalue weighted by Gasteiger charge is 2.16. The van der Waals surface area contributed by atoms with Crippen molar-refractivity contribution in [2.45, 2.75) is 26.1 Å². The average Bonchev–Trinajstić information content (AvgIpc) is 2.85. The van der Waals surface area contributed by atoms with Gasteiger partial charge in [-0.2, -0.15) is 13.9 Å². The lowest BCUT2D eigenvalue weighted by molar-refractivity contribution is -0.0506. The van der Waals surface area contributed by atoms with E-state index < -0.39 is 18.5 Å². The van der Waals surface area contributed by atoms with Crippen LogP contribution in [0.25, 0.3) is 0 Å². The van der Waals surface area contributed by atoms with Crippen LogP contribution in [-0.4, -0.2) is 28.1 Å². The quantitative estimate of drug-likeness (QED) is 0.825. The molecule has 0 radical (unpaired) electrons. The highest BCUT2D eigenvalue weighted by molar-refractivity contribution is 5.45. The van der Waals surface area contributed by atoms with Crippen molar-refractivity contribution in [3.63, 3.8) is 0 Å². The number of anilines is 1. The first-order chi connectivity index (χ1) is 10.5. The number of nitrogens with one attached hydrogen (secondary N) is 1. The van der Waals surface area contributed by atoms with Crippen LogP contribution in [0.4, 0.5) is 18.9 Å². The van der Waals surface area contributed by atoms with Gasteiger partial charge in [-0.3, -0.25) is 4.68 Å². The maximum Gasteiger partial charge on any atom is 0.387 e. The fourth-order valence-electron chi connectivity index (χ4n) is 2.05.